The van der Waals surface area contributed by atoms with Crippen molar-refractivity contribution in [2.75, 3.05) is 48.7 Å². The number of anilines is 2. The van der Waals surface area contributed by atoms with E-state index < -0.39 is 0 Å². The van der Waals surface area contributed by atoms with E-state index in [1.807, 2.05) is 23.1 Å². The van der Waals surface area contributed by atoms with Gasteiger partial charge >= 0.3 is 0 Å². The first-order chi connectivity index (χ1) is 13.0. The Balaban J connectivity index is 1.43. The molecule has 0 unspecified atom stereocenters. The van der Waals surface area contributed by atoms with Gasteiger partial charge in [-0.25, -0.2) is 0 Å². The van der Waals surface area contributed by atoms with Gasteiger partial charge in [-0.15, -0.1) is 10.2 Å². The van der Waals surface area contributed by atoms with Crippen LogP contribution in [0.3, 0.4) is 0 Å². The maximum Gasteiger partial charge on any atom is 0.233 e. The summed E-state index contributed by atoms with van der Waals surface area (Å²) < 4.78 is 0.826. The van der Waals surface area contributed by atoms with Gasteiger partial charge in [0.2, 0.25) is 11.0 Å². The zero-order chi connectivity index (χ0) is 19.2. The summed E-state index contributed by atoms with van der Waals surface area (Å²) in [7, 11) is 0. The summed E-state index contributed by atoms with van der Waals surface area (Å²) in [4.78, 5) is 16.7. The number of hydrogen-bond acceptors (Lipinski definition) is 7. The lowest BCUT2D eigenvalue weighted by Gasteiger charge is -2.36. The highest BCUT2D eigenvalue weighted by Gasteiger charge is 2.22. The lowest BCUT2D eigenvalue weighted by Crippen LogP contribution is -2.49. The van der Waals surface area contributed by atoms with Gasteiger partial charge in [0, 0.05) is 43.4 Å². The Morgan fingerprint density at radius 3 is 2.78 bits per heavy atom. The molecule has 9 heteroatoms. The van der Waals surface area contributed by atoms with Gasteiger partial charge in [-0.1, -0.05) is 54.6 Å². The Morgan fingerprint density at radius 2 is 2.07 bits per heavy atom. The van der Waals surface area contributed by atoms with Gasteiger partial charge in [-0.3, -0.25) is 4.79 Å². The van der Waals surface area contributed by atoms with Crippen LogP contribution in [-0.2, 0) is 4.79 Å². The summed E-state index contributed by atoms with van der Waals surface area (Å²) >= 11 is 9.03. The highest BCUT2D eigenvalue weighted by molar-refractivity contribution is 8.01. The molecule has 6 nitrogen and oxygen atoms in total. The van der Waals surface area contributed by atoms with E-state index in [-0.39, 0.29) is 5.91 Å². The van der Waals surface area contributed by atoms with Gasteiger partial charge < -0.3 is 15.1 Å². The van der Waals surface area contributed by atoms with Crippen molar-refractivity contribution in [3.8, 4) is 0 Å². The SMILES string of the molecule is CC(C)CNc1nnc(SCC(=O)N2CCN(c3cccc(Cl)c3)CC2)s1. The van der Waals surface area contributed by atoms with Crippen LogP contribution in [0.1, 0.15) is 13.8 Å². The van der Waals surface area contributed by atoms with Crippen LogP contribution >= 0.6 is 34.7 Å². The van der Waals surface area contributed by atoms with Gasteiger partial charge in [0.1, 0.15) is 0 Å². The molecule has 0 bridgehead atoms. The molecule has 1 N–H and O–H groups in total. The minimum Gasteiger partial charge on any atom is -0.368 e. The van der Waals surface area contributed by atoms with Crippen molar-refractivity contribution in [3.05, 3.63) is 29.3 Å². The number of amides is 1. The summed E-state index contributed by atoms with van der Waals surface area (Å²) in [6.45, 7) is 8.25. The lowest BCUT2D eigenvalue weighted by molar-refractivity contribution is -0.128. The molecule has 0 spiro atoms. The second kappa shape index (κ2) is 9.61. The molecule has 1 aromatic carbocycles. The van der Waals surface area contributed by atoms with Crippen LogP contribution in [0.15, 0.2) is 28.6 Å². The van der Waals surface area contributed by atoms with Crippen molar-refractivity contribution < 1.29 is 4.79 Å². The fourth-order valence-electron chi connectivity index (χ4n) is 2.73. The first kappa shape index (κ1) is 20.2. The molecule has 2 aromatic rings. The van der Waals surface area contributed by atoms with Crippen LogP contribution in [-0.4, -0.2) is 59.5 Å². The minimum atomic E-state index is 0.151. The number of hydrogen-bond donors (Lipinski definition) is 1. The number of thioether (sulfide) groups is 1. The van der Waals surface area contributed by atoms with Crippen molar-refractivity contribution >= 4 is 51.4 Å². The topological polar surface area (TPSA) is 61.4 Å². The monoisotopic (exact) mass is 425 g/mol. The van der Waals surface area contributed by atoms with E-state index in [4.69, 9.17) is 11.6 Å². The average Bonchev–Trinajstić information content (AvgIpc) is 3.12. The van der Waals surface area contributed by atoms with Gasteiger partial charge in [0.05, 0.1) is 5.75 Å². The predicted octanol–water partition coefficient (Wildman–Crippen LogP) is 3.70. The van der Waals surface area contributed by atoms with Crippen molar-refractivity contribution in [1.82, 2.24) is 15.1 Å². The van der Waals surface area contributed by atoms with Crippen LogP contribution in [0.25, 0.3) is 0 Å². The van der Waals surface area contributed by atoms with Crippen molar-refractivity contribution in [3.63, 3.8) is 0 Å². The third kappa shape index (κ3) is 5.99. The largest absolute Gasteiger partial charge is 0.368 e. The number of benzene rings is 1. The van der Waals surface area contributed by atoms with Crippen molar-refractivity contribution in [1.29, 1.82) is 0 Å². The number of nitrogens with zero attached hydrogens (tertiary/aromatic N) is 4. The van der Waals surface area contributed by atoms with Gasteiger partial charge in [-0.2, -0.15) is 0 Å². The second-order valence-corrected chi connectivity index (χ2v) is 9.42. The molecule has 0 radical (unpaired) electrons. The maximum atomic E-state index is 12.5. The van der Waals surface area contributed by atoms with Crippen LogP contribution in [0.5, 0.6) is 0 Å². The van der Waals surface area contributed by atoms with Crippen molar-refractivity contribution in [2.45, 2.75) is 18.2 Å². The number of aromatic nitrogens is 2. The Morgan fingerprint density at radius 1 is 1.30 bits per heavy atom. The summed E-state index contributed by atoms with van der Waals surface area (Å²) in [6, 6.07) is 7.85. The smallest absolute Gasteiger partial charge is 0.233 e. The van der Waals surface area contributed by atoms with E-state index in [0.717, 1.165) is 52.9 Å². The molecule has 1 aliphatic rings. The molecule has 1 aromatic heterocycles. The van der Waals surface area contributed by atoms with E-state index in [1.165, 1.54) is 23.1 Å². The molecule has 0 saturated carbocycles. The zero-order valence-electron chi connectivity index (χ0n) is 15.5. The van der Waals surface area contributed by atoms with E-state index >= 15 is 0 Å². The molecule has 1 saturated heterocycles. The molecule has 0 aliphatic carbocycles. The Bertz CT molecular complexity index is 762. The molecule has 1 amide bonds. The maximum absolute atomic E-state index is 12.5. The average molecular weight is 426 g/mol. The van der Waals surface area contributed by atoms with Crippen LogP contribution in [0.2, 0.25) is 5.02 Å². The normalized spacial score (nSPS) is 14.7. The third-order valence-electron chi connectivity index (χ3n) is 4.19. The molecule has 2 heterocycles. The second-order valence-electron chi connectivity index (χ2n) is 6.78. The number of rotatable bonds is 7. The van der Waals surface area contributed by atoms with Crippen LogP contribution < -0.4 is 10.2 Å². The van der Waals surface area contributed by atoms with Crippen LogP contribution in [0, 0.1) is 5.92 Å². The molecular weight excluding hydrogens is 402 g/mol. The quantitative estimate of drug-likeness (QED) is 0.682. The highest BCUT2D eigenvalue weighted by atomic mass is 35.5. The number of piperazine rings is 1. The molecule has 1 aliphatic heterocycles. The minimum absolute atomic E-state index is 0.151. The molecule has 3 rings (SSSR count). The molecule has 27 heavy (non-hydrogen) atoms. The molecule has 146 valence electrons. The Kier molecular flexibility index (Phi) is 7.20. The number of halogens is 1. The number of carbonyl (C=O) groups is 1. The van der Waals surface area contributed by atoms with E-state index in [0.29, 0.717) is 11.7 Å². The zero-order valence-corrected chi connectivity index (χ0v) is 17.9. The summed E-state index contributed by atoms with van der Waals surface area (Å²) in [6.07, 6.45) is 0. The standard InChI is InChI=1S/C18H24ClN5OS2/c1-13(2)11-20-17-21-22-18(27-17)26-12-16(25)24-8-6-23(7-9-24)15-5-3-4-14(19)10-15/h3-5,10,13H,6-9,11-12H2,1-2H3,(H,20,21). The fourth-order valence-corrected chi connectivity index (χ4v) is 4.58. The molecular formula is C18H24ClN5OS2. The Hall–Kier alpha value is -1.51. The summed E-state index contributed by atoms with van der Waals surface area (Å²) in [5.74, 6) is 1.10. The first-order valence-corrected chi connectivity index (χ1v) is 11.2. The molecule has 1 fully saturated rings. The highest BCUT2D eigenvalue weighted by Crippen LogP contribution is 2.26. The van der Waals surface area contributed by atoms with Crippen molar-refractivity contribution in [2.24, 2.45) is 5.92 Å². The summed E-state index contributed by atoms with van der Waals surface area (Å²) in [5.41, 5.74) is 1.11. The summed E-state index contributed by atoms with van der Waals surface area (Å²) in [5, 5.41) is 13.1. The van der Waals surface area contributed by atoms with E-state index in [2.05, 4.69) is 40.3 Å². The van der Waals surface area contributed by atoms with Crippen LogP contribution in [0.4, 0.5) is 10.8 Å². The first-order valence-electron chi connectivity index (χ1n) is 8.99. The molecule has 0 atom stereocenters. The predicted molar refractivity (Wildman–Crippen MR) is 114 cm³/mol. The Labute approximate surface area is 173 Å². The van der Waals surface area contributed by atoms with Gasteiger partial charge in [-0.05, 0) is 24.1 Å². The number of nitrogens with one attached hydrogen (secondary N) is 1. The lowest BCUT2D eigenvalue weighted by atomic mass is 10.2. The fraction of sp³-hybridized carbons (Fsp3) is 0.500. The van der Waals surface area contributed by atoms with E-state index in [1.54, 1.807) is 0 Å². The van der Waals surface area contributed by atoms with Gasteiger partial charge in [0.15, 0.2) is 4.34 Å². The van der Waals surface area contributed by atoms with Gasteiger partial charge in [0.25, 0.3) is 0 Å². The third-order valence-corrected chi connectivity index (χ3v) is 6.43. The number of carbonyl (C=O) groups excluding carboxylic acids is 1. The van der Waals surface area contributed by atoms with E-state index in [9.17, 15) is 4.79 Å².